The van der Waals surface area contributed by atoms with Gasteiger partial charge < -0.3 is 0 Å². The van der Waals surface area contributed by atoms with Crippen LogP contribution in [0.2, 0.25) is 0 Å². The van der Waals surface area contributed by atoms with Crippen molar-refractivity contribution in [2.45, 2.75) is 84.5 Å². The van der Waals surface area contributed by atoms with Gasteiger partial charge in [0.05, 0.1) is 6.67 Å². The van der Waals surface area contributed by atoms with Gasteiger partial charge in [0.15, 0.2) is 0 Å². The van der Waals surface area contributed by atoms with Crippen LogP contribution in [0.1, 0.15) is 84.5 Å². The molecular weight excluding hydrogens is 371 g/mol. The highest BCUT2D eigenvalue weighted by atomic mass is 127. The van der Waals surface area contributed by atoms with Crippen LogP contribution in [0.5, 0.6) is 0 Å². The van der Waals surface area contributed by atoms with Crippen LogP contribution in [0.15, 0.2) is 0 Å². The fraction of sp³-hybridized carbons (Fsp3) is 1.00. The van der Waals surface area contributed by atoms with Crippen LogP contribution in [0.3, 0.4) is 0 Å². The Morgan fingerprint density at radius 1 is 0.571 bits per heavy atom. The molecule has 2 nitrogen and oxygen atoms in total. The summed E-state index contributed by atoms with van der Waals surface area (Å²) in [4.78, 5) is 5.23. The van der Waals surface area contributed by atoms with Gasteiger partial charge in [-0.1, -0.05) is 71.6 Å². The molecule has 0 unspecified atom stereocenters. The Bertz CT molecular complexity index is 211. The topological polar surface area (TPSA) is 6.48 Å². The summed E-state index contributed by atoms with van der Waals surface area (Å²) in [6, 6.07) is 0. The van der Waals surface area contributed by atoms with E-state index in [1.807, 2.05) is 0 Å². The minimum atomic E-state index is 0. The maximum atomic E-state index is 2.64. The van der Waals surface area contributed by atoms with Crippen molar-refractivity contribution >= 4 is 24.0 Å². The van der Waals surface area contributed by atoms with E-state index in [2.05, 4.69) is 23.6 Å². The molecule has 1 aliphatic heterocycles. The van der Waals surface area contributed by atoms with Crippen molar-refractivity contribution < 1.29 is 0 Å². The summed E-state index contributed by atoms with van der Waals surface area (Å²) in [6.45, 7) is 11.0. The van der Waals surface area contributed by atoms with Gasteiger partial charge in [0.25, 0.3) is 0 Å². The van der Waals surface area contributed by atoms with Crippen LogP contribution in [0.4, 0.5) is 0 Å². The van der Waals surface area contributed by atoms with Gasteiger partial charge in [-0.15, -0.1) is 24.0 Å². The lowest BCUT2D eigenvalue weighted by molar-refractivity contribution is 0.242. The third-order valence-electron chi connectivity index (χ3n) is 4.50. The predicted molar refractivity (Wildman–Crippen MR) is 106 cm³/mol. The summed E-state index contributed by atoms with van der Waals surface area (Å²) in [5, 5.41) is 0. The first-order valence-corrected chi connectivity index (χ1v) is 9.31. The Kier molecular flexibility index (Phi) is 16.0. The quantitative estimate of drug-likeness (QED) is 0.292. The number of hydrogen-bond donors (Lipinski definition) is 0. The molecule has 0 atom stereocenters. The lowest BCUT2D eigenvalue weighted by atomic mass is 10.1. The minimum absolute atomic E-state index is 0. The van der Waals surface area contributed by atoms with Crippen molar-refractivity contribution in [1.82, 2.24) is 9.80 Å². The Labute approximate surface area is 151 Å². The number of halogens is 1. The van der Waals surface area contributed by atoms with Crippen molar-refractivity contribution in [1.29, 1.82) is 0 Å². The molecule has 0 spiro atoms. The molecule has 0 aliphatic carbocycles. The third-order valence-corrected chi connectivity index (χ3v) is 4.50. The van der Waals surface area contributed by atoms with Gasteiger partial charge in [-0.3, -0.25) is 9.80 Å². The second-order valence-electron chi connectivity index (χ2n) is 6.56. The largest absolute Gasteiger partial charge is 0.289 e. The molecule has 1 fully saturated rings. The zero-order chi connectivity index (χ0) is 14.5. The molecule has 1 rings (SSSR count). The number of hydrogen-bond acceptors (Lipinski definition) is 2. The van der Waals surface area contributed by atoms with Crippen LogP contribution in [-0.4, -0.2) is 42.6 Å². The van der Waals surface area contributed by atoms with Gasteiger partial charge in [-0.05, 0) is 25.9 Å². The van der Waals surface area contributed by atoms with Crippen molar-refractivity contribution in [3.8, 4) is 0 Å². The second-order valence-corrected chi connectivity index (χ2v) is 6.56. The molecule has 0 bridgehead atoms. The van der Waals surface area contributed by atoms with E-state index < -0.39 is 0 Å². The van der Waals surface area contributed by atoms with Gasteiger partial charge >= 0.3 is 0 Å². The third kappa shape index (κ3) is 11.8. The first-order valence-electron chi connectivity index (χ1n) is 9.31. The summed E-state index contributed by atoms with van der Waals surface area (Å²) in [6.07, 6.45) is 15.7. The number of nitrogens with zero attached hydrogens (tertiary/aromatic N) is 2. The summed E-state index contributed by atoms with van der Waals surface area (Å²) in [7, 11) is 0. The molecule has 0 aromatic heterocycles. The SMILES string of the molecule is CCCCCCCCCCCCN1CCN(CCC)C1.I. The average Bonchev–Trinajstić information content (AvgIpc) is 2.89. The van der Waals surface area contributed by atoms with Gasteiger partial charge in [0, 0.05) is 13.1 Å². The van der Waals surface area contributed by atoms with Crippen LogP contribution < -0.4 is 0 Å². The maximum absolute atomic E-state index is 2.64. The second kappa shape index (κ2) is 15.5. The first-order chi connectivity index (χ1) is 9.86. The minimum Gasteiger partial charge on any atom is -0.289 e. The van der Waals surface area contributed by atoms with Crippen LogP contribution >= 0.6 is 24.0 Å². The summed E-state index contributed by atoms with van der Waals surface area (Å²) < 4.78 is 0. The molecule has 0 radical (unpaired) electrons. The smallest absolute Gasteiger partial charge is 0.0507 e. The summed E-state index contributed by atoms with van der Waals surface area (Å²) in [5.41, 5.74) is 0. The van der Waals surface area contributed by atoms with Crippen LogP contribution in [0, 0.1) is 0 Å². The van der Waals surface area contributed by atoms with Gasteiger partial charge in [-0.2, -0.15) is 0 Å². The zero-order valence-electron chi connectivity index (χ0n) is 14.6. The molecule has 1 aliphatic rings. The molecule has 0 N–H and O–H groups in total. The summed E-state index contributed by atoms with van der Waals surface area (Å²) >= 11 is 0. The molecule has 0 amide bonds. The first kappa shape index (κ1) is 21.6. The molecular formula is C18H39IN2. The molecule has 1 saturated heterocycles. The van der Waals surface area contributed by atoms with Crippen molar-refractivity contribution in [2.75, 3.05) is 32.8 Å². The monoisotopic (exact) mass is 410 g/mol. The van der Waals surface area contributed by atoms with Crippen LogP contribution in [-0.2, 0) is 0 Å². The highest BCUT2D eigenvalue weighted by Crippen LogP contribution is 2.12. The van der Waals surface area contributed by atoms with E-state index in [9.17, 15) is 0 Å². The van der Waals surface area contributed by atoms with Crippen molar-refractivity contribution in [3.63, 3.8) is 0 Å². The van der Waals surface area contributed by atoms with Gasteiger partial charge in [0.1, 0.15) is 0 Å². The maximum Gasteiger partial charge on any atom is 0.0507 e. The Balaban J connectivity index is 0.00000400. The fourth-order valence-electron chi connectivity index (χ4n) is 3.21. The Morgan fingerprint density at radius 2 is 1.05 bits per heavy atom. The van der Waals surface area contributed by atoms with E-state index in [0.29, 0.717) is 0 Å². The highest BCUT2D eigenvalue weighted by Gasteiger charge is 2.17. The Morgan fingerprint density at radius 3 is 1.57 bits per heavy atom. The van der Waals surface area contributed by atoms with Crippen LogP contribution in [0.25, 0.3) is 0 Å². The molecule has 0 aromatic rings. The molecule has 0 saturated carbocycles. The average molecular weight is 410 g/mol. The molecule has 0 aromatic carbocycles. The van der Waals surface area contributed by atoms with E-state index in [4.69, 9.17) is 0 Å². The van der Waals surface area contributed by atoms with E-state index in [1.165, 1.54) is 103 Å². The predicted octanol–water partition coefficient (Wildman–Crippen LogP) is 5.51. The molecule has 3 heteroatoms. The van der Waals surface area contributed by atoms with Gasteiger partial charge in [0.2, 0.25) is 0 Å². The molecule has 128 valence electrons. The lowest BCUT2D eigenvalue weighted by Crippen LogP contribution is -2.26. The lowest BCUT2D eigenvalue weighted by Gasteiger charge is -2.17. The normalized spacial score (nSPS) is 16.3. The van der Waals surface area contributed by atoms with E-state index in [1.54, 1.807) is 0 Å². The summed E-state index contributed by atoms with van der Waals surface area (Å²) in [5.74, 6) is 0. The molecule has 21 heavy (non-hydrogen) atoms. The van der Waals surface area contributed by atoms with E-state index in [-0.39, 0.29) is 24.0 Å². The van der Waals surface area contributed by atoms with Crippen molar-refractivity contribution in [3.05, 3.63) is 0 Å². The van der Waals surface area contributed by atoms with Gasteiger partial charge in [-0.25, -0.2) is 0 Å². The number of rotatable bonds is 13. The fourth-order valence-corrected chi connectivity index (χ4v) is 3.21. The zero-order valence-corrected chi connectivity index (χ0v) is 16.9. The highest BCUT2D eigenvalue weighted by molar-refractivity contribution is 14.0. The Hall–Kier alpha value is 0.650. The van der Waals surface area contributed by atoms with Crippen molar-refractivity contribution in [2.24, 2.45) is 0 Å². The molecule has 1 heterocycles. The standard InChI is InChI=1S/C18H38N2.HI/c1-3-5-6-7-8-9-10-11-12-13-15-20-17-16-19(18-20)14-4-2;/h3-18H2,1-2H3;1H. The van der Waals surface area contributed by atoms with E-state index >= 15 is 0 Å². The number of unbranched alkanes of at least 4 members (excludes halogenated alkanes) is 9. The van der Waals surface area contributed by atoms with E-state index in [0.717, 1.165) is 0 Å².